The van der Waals surface area contributed by atoms with E-state index in [1.165, 1.54) is 0 Å². The molecular weight excluding hydrogens is 276 g/mol. The molecule has 2 aromatic rings. The second kappa shape index (κ2) is 6.13. The summed E-state index contributed by atoms with van der Waals surface area (Å²) in [6, 6.07) is 6.30. The molecule has 0 radical (unpaired) electrons. The highest BCUT2D eigenvalue weighted by Gasteiger charge is 2.09. The summed E-state index contributed by atoms with van der Waals surface area (Å²) in [5.74, 6) is -1.19. The summed E-state index contributed by atoms with van der Waals surface area (Å²) in [4.78, 5) is 0. The van der Waals surface area contributed by atoms with Crippen molar-refractivity contribution in [3.8, 4) is 11.6 Å². The zero-order valence-corrected chi connectivity index (χ0v) is 12.2. The standard InChI is InChI=1S/C15H17F2N3O/c1-15(2,3)18-9-12-4-5-14(20-19-12)21-13-7-10(16)6-11(17)8-13/h4-8,18H,9H2,1-3H3. The highest BCUT2D eigenvalue weighted by Crippen LogP contribution is 2.21. The van der Waals surface area contributed by atoms with E-state index in [2.05, 4.69) is 36.3 Å². The molecule has 0 aliphatic heterocycles. The summed E-state index contributed by atoms with van der Waals surface area (Å²) in [7, 11) is 0. The third-order valence-corrected chi connectivity index (χ3v) is 2.55. The third-order valence-electron chi connectivity index (χ3n) is 2.55. The molecule has 0 atom stereocenters. The highest BCUT2D eigenvalue weighted by atomic mass is 19.1. The van der Waals surface area contributed by atoms with E-state index >= 15 is 0 Å². The van der Waals surface area contributed by atoms with Gasteiger partial charge in [-0.1, -0.05) is 0 Å². The molecule has 1 aromatic carbocycles. The van der Waals surface area contributed by atoms with Crippen molar-refractivity contribution in [1.29, 1.82) is 0 Å². The summed E-state index contributed by atoms with van der Waals surface area (Å²) in [6.45, 7) is 6.73. The lowest BCUT2D eigenvalue weighted by molar-refractivity contribution is 0.416. The Morgan fingerprint density at radius 2 is 1.71 bits per heavy atom. The maximum atomic E-state index is 13.0. The van der Waals surface area contributed by atoms with Gasteiger partial charge in [0.1, 0.15) is 17.4 Å². The van der Waals surface area contributed by atoms with Crippen LogP contribution in [0.4, 0.5) is 8.78 Å². The minimum Gasteiger partial charge on any atom is -0.437 e. The third kappa shape index (κ3) is 5.07. The van der Waals surface area contributed by atoms with E-state index in [-0.39, 0.29) is 17.2 Å². The van der Waals surface area contributed by atoms with Gasteiger partial charge >= 0.3 is 0 Å². The molecule has 1 N–H and O–H groups in total. The van der Waals surface area contributed by atoms with Gasteiger partial charge in [-0.15, -0.1) is 5.10 Å². The zero-order valence-electron chi connectivity index (χ0n) is 12.2. The minimum atomic E-state index is -0.705. The Balaban J connectivity index is 2.02. The Morgan fingerprint density at radius 1 is 1.05 bits per heavy atom. The molecule has 21 heavy (non-hydrogen) atoms. The Kier molecular flexibility index (Phi) is 4.47. The van der Waals surface area contributed by atoms with Gasteiger partial charge in [0, 0.05) is 36.3 Å². The smallest absolute Gasteiger partial charge is 0.238 e. The van der Waals surface area contributed by atoms with Crippen LogP contribution >= 0.6 is 0 Å². The van der Waals surface area contributed by atoms with Crippen LogP contribution in [0.3, 0.4) is 0 Å². The van der Waals surface area contributed by atoms with Crippen LogP contribution in [0.25, 0.3) is 0 Å². The van der Waals surface area contributed by atoms with Crippen LogP contribution in [0.5, 0.6) is 11.6 Å². The number of aromatic nitrogens is 2. The molecule has 0 saturated carbocycles. The Bertz CT molecular complexity index is 589. The lowest BCUT2D eigenvalue weighted by Crippen LogP contribution is -2.35. The van der Waals surface area contributed by atoms with Gasteiger partial charge in [-0.2, -0.15) is 5.10 Å². The molecule has 0 bridgehead atoms. The van der Waals surface area contributed by atoms with Gasteiger partial charge < -0.3 is 10.1 Å². The quantitative estimate of drug-likeness (QED) is 0.938. The Hall–Kier alpha value is -2.08. The Morgan fingerprint density at radius 3 is 2.24 bits per heavy atom. The molecular formula is C15H17F2N3O. The van der Waals surface area contributed by atoms with E-state index in [0.29, 0.717) is 6.54 Å². The largest absolute Gasteiger partial charge is 0.437 e. The summed E-state index contributed by atoms with van der Waals surface area (Å²) < 4.78 is 31.4. The highest BCUT2D eigenvalue weighted by molar-refractivity contribution is 5.28. The minimum absolute atomic E-state index is 0.0179. The van der Waals surface area contributed by atoms with E-state index in [4.69, 9.17) is 4.74 Å². The molecule has 0 saturated heterocycles. The molecule has 4 nitrogen and oxygen atoms in total. The van der Waals surface area contributed by atoms with Crippen molar-refractivity contribution in [2.24, 2.45) is 0 Å². The number of nitrogens with one attached hydrogen (secondary N) is 1. The zero-order chi connectivity index (χ0) is 15.5. The van der Waals surface area contributed by atoms with Gasteiger partial charge in [0.2, 0.25) is 5.88 Å². The van der Waals surface area contributed by atoms with Crippen LogP contribution in [-0.2, 0) is 6.54 Å². The number of halogens is 2. The van der Waals surface area contributed by atoms with Gasteiger partial charge in [-0.3, -0.25) is 0 Å². The number of nitrogens with zero attached hydrogens (tertiary/aromatic N) is 2. The maximum Gasteiger partial charge on any atom is 0.238 e. The van der Waals surface area contributed by atoms with Crippen molar-refractivity contribution in [2.45, 2.75) is 32.9 Å². The summed E-state index contributed by atoms with van der Waals surface area (Å²) in [5, 5.41) is 11.2. The molecule has 2 rings (SSSR count). The maximum absolute atomic E-state index is 13.0. The van der Waals surface area contributed by atoms with Crippen LogP contribution < -0.4 is 10.1 Å². The van der Waals surface area contributed by atoms with Crippen LogP contribution in [0.15, 0.2) is 30.3 Å². The summed E-state index contributed by atoms with van der Waals surface area (Å²) in [5.41, 5.74) is 0.735. The topological polar surface area (TPSA) is 47.0 Å². The van der Waals surface area contributed by atoms with Crippen molar-refractivity contribution < 1.29 is 13.5 Å². The molecule has 0 amide bonds. The van der Waals surface area contributed by atoms with Gasteiger partial charge in [-0.05, 0) is 26.8 Å². The first kappa shape index (κ1) is 15.3. The number of rotatable bonds is 4. The van der Waals surface area contributed by atoms with E-state index < -0.39 is 11.6 Å². The lowest BCUT2D eigenvalue weighted by Gasteiger charge is -2.19. The van der Waals surface area contributed by atoms with Crippen LogP contribution in [0.1, 0.15) is 26.5 Å². The van der Waals surface area contributed by atoms with Crippen molar-refractivity contribution in [3.63, 3.8) is 0 Å². The molecule has 112 valence electrons. The van der Waals surface area contributed by atoms with E-state index in [0.717, 1.165) is 23.9 Å². The van der Waals surface area contributed by atoms with Gasteiger partial charge in [0.05, 0.1) is 5.69 Å². The van der Waals surface area contributed by atoms with Crippen molar-refractivity contribution >= 4 is 0 Å². The first-order valence-electron chi connectivity index (χ1n) is 6.53. The van der Waals surface area contributed by atoms with Crippen molar-refractivity contribution in [3.05, 3.63) is 47.7 Å². The van der Waals surface area contributed by atoms with Gasteiger partial charge in [0.25, 0.3) is 0 Å². The molecule has 0 aliphatic rings. The van der Waals surface area contributed by atoms with Crippen molar-refractivity contribution in [2.75, 3.05) is 0 Å². The molecule has 0 unspecified atom stereocenters. The fourth-order valence-corrected chi connectivity index (χ4v) is 1.56. The average molecular weight is 293 g/mol. The predicted octanol–water partition coefficient (Wildman–Crippen LogP) is 3.44. The number of hydrogen-bond donors (Lipinski definition) is 1. The first-order chi connectivity index (χ1) is 9.82. The fourth-order valence-electron chi connectivity index (χ4n) is 1.56. The number of hydrogen-bond acceptors (Lipinski definition) is 4. The van der Waals surface area contributed by atoms with Crippen LogP contribution in [-0.4, -0.2) is 15.7 Å². The van der Waals surface area contributed by atoms with Crippen LogP contribution in [0.2, 0.25) is 0 Å². The monoisotopic (exact) mass is 293 g/mol. The molecule has 0 aliphatic carbocycles. The van der Waals surface area contributed by atoms with Gasteiger partial charge in [-0.25, -0.2) is 8.78 Å². The lowest BCUT2D eigenvalue weighted by atomic mass is 10.1. The van der Waals surface area contributed by atoms with E-state index in [1.54, 1.807) is 12.1 Å². The molecule has 6 heteroatoms. The molecule has 1 heterocycles. The normalized spacial score (nSPS) is 11.5. The molecule has 0 spiro atoms. The van der Waals surface area contributed by atoms with E-state index in [1.807, 2.05) is 0 Å². The fraction of sp³-hybridized carbons (Fsp3) is 0.333. The molecule has 1 aromatic heterocycles. The Labute approximate surface area is 122 Å². The molecule has 0 fully saturated rings. The summed E-state index contributed by atoms with van der Waals surface area (Å²) >= 11 is 0. The second-order valence-corrected chi connectivity index (χ2v) is 5.67. The second-order valence-electron chi connectivity index (χ2n) is 5.67. The van der Waals surface area contributed by atoms with Gasteiger partial charge in [0.15, 0.2) is 0 Å². The summed E-state index contributed by atoms with van der Waals surface area (Å²) in [6.07, 6.45) is 0. The van der Waals surface area contributed by atoms with Crippen molar-refractivity contribution in [1.82, 2.24) is 15.5 Å². The average Bonchev–Trinajstić information content (AvgIpc) is 2.36. The SMILES string of the molecule is CC(C)(C)NCc1ccc(Oc2cc(F)cc(F)c2)nn1. The predicted molar refractivity (Wildman–Crippen MR) is 75.1 cm³/mol. The van der Waals surface area contributed by atoms with Crippen LogP contribution in [0, 0.1) is 11.6 Å². The first-order valence-corrected chi connectivity index (χ1v) is 6.53. The number of benzene rings is 1. The number of ether oxygens (including phenoxy) is 1. The van der Waals surface area contributed by atoms with E-state index in [9.17, 15) is 8.78 Å².